The lowest BCUT2D eigenvalue weighted by Crippen LogP contribution is -2.08. The van der Waals surface area contributed by atoms with E-state index in [4.69, 9.17) is 5.11 Å². The number of aliphatic carboxylic acids is 1. The fraction of sp³-hybridized carbons (Fsp3) is 0.273. The molecule has 0 atom stereocenters. The van der Waals surface area contributed by atoms with Crippen LogP contribution in [0.1, 0.15) is 22.3 Å². The summed E-state index contributed by atoms with van der Waals surface area (Å²) >= 11 is 0. The van der Waals surface area contributed by atoms with Crippen LogP contribution in [0.5, 0.6) is 0 Å². The molecular formula is C11H13NO3. The second-order valence-electron chi connectivity index (χ2n) is 3.21. The summed E-state index contributed by atoms with van der Waals surface area (Å²) in [5.74, 6) is -0.841. The molecule has 15 heavy (non-hydrogen) atoms. The summed E-state index contributed by atoms with van der Waals surface area (Å²) in [5, 5.41) is 11.4. The van der Waals surface area contributed by atoms with E-state index in [1.165, 1.54) is 0 Å². The Bertz CT molecular complexity index is 374. The summed E-state index contributed by atoms with van der Waals surface area (Å²) in [5.41, 5.74) is 2.27. The molecule has 0 fully saturated rings. The molecule has 0 aliphatic heterocycles. The first kappa shape index (κ1) is 11.2. The largest absolute Gasteiger partial charge is 0.481 e. The van der Waals surface area contributed by atoms with Crippen LogP contribution in [-0.4, -0.2) is 23.9 Å². The molecule has 0 saturated carbocycles. The number of aldehydes is 1. The molecule has 0 aliphatic carbocycles. The predicted octanol–water partition coefficient (Wildman–Crippen LogP) is 1.69. The third-order valence-corrected chi connectivity index (χ3v) is 2.16. The third-order valence-electron chi connectivity index (χ3n) is 2.16. The minimum atomic E-state index is -0.841. The number of carbonyl (C=O) groups excluding carboxylic acids is 1. The highest BCUT2D eigenvalue weighted by atomic mass is 16.4. The van der Waals surface area contributed by atoms with E-state index in [1.54, 1.807) is 12.1 Å². The Labute approximate surface area is 87.9 Å². The van der Waals surface area contributed by atoms with Gasteiger partial charge in [0.2, 0.25) is 0 Å². The van der Waals surface area contributed by atoms with Crippen molar-refractivity contribution in [3.63, 3.8) is 0 Å². The van der Waals surface area contributed by atoms with Crippen LogP contribution in [0.25, 0.3) is 0 Å². The molecule has 0 radical (unpaired) electrons. The van der Waals surface area contributed by atoms with Gasteiger partial charge in [0, 0.05) is 17.8 Å². The maximum Gasteiger partial charge on any atom is 0.305 e. The van der Waals surface area contributed by atoms with E-state index >= 15 is 0 Å². The van der Waals surface area contributed by atoms with Crippen LogP contribution >= 0.6 is 0 Å². The topological polar surface area (TPSA) is 66.4 Å². The molecule has 80 valence electrons. The maximum atomic E-state index is 10.6. The normalized spacial score (nSPS) is 9.67. The Morgan fingerprint density at radius 3 is 2.87 bits per heavy atom. The molecule has 0 bridgehead atoms. The summed E-state index contributed by atoms with van der Waals surface area (Å²) in [4.78, 5) is 20.9. The Morgan fingerprint density at radius 2 is 2.27 bits per heavy atom. The van der Waals surface area contributed by atoms with Gasteiger partial charge in [-0.1, -0.05) is 12.1 Å². The first-order valence-electron chi connectivity index (χ1n) is 4.65. The lowest BCUT2D eigenvalue weighted by atomic mass is 10.1. The number of rotatable bonds is 5. The molecule has 0 aliphatic rings. The monoisotopic (exact) mass is 207 g/mol. The lowest BCUT2D eigenvalue weighted by molar-refractivity contribution is -0.136. The quantitative estimate of drug-likeness (QED) is 0.721. The Kier molecular flexibility index (Phi) is 3.85. The minimum Gasteiger partial charge on any atom is -0.481 e. The Hall–Kier alpha value is -1.84. The molecule has 0 heterocycles. The van der Waals surface area contributed by atoms with Gasteiger partial charge in [-0.2, -0.15) is 0 Å². The van der Waals surface area contributed by atoms with Gasteiger partial charge in [0.1, 0.15) is 6.29 Å². The van der Waals surface area contributed by atoms with Gasteiger partial charge in [-0.05, 0) is 18.6 Å². The predicted molar refractivity (Wildman–Crippen MR) is 57.3 cm³/mol. The molecule has 2 N–H and O–H groups in total. The number of carboxylic acid groups (broad SMARTS) is 1. The zero-order valence-corrected chi connectivity index (χ0v) is 8.49. The van der Waals surface area contributed by atoms with Crippen molar-refractivity contribution in [3.05, 3.63) is 29.3 Å². The van der Waals surface area contributed by atoms with Crippen LogP contribution in [0.2, 0.25) is 0 Å². The van der Waals surface area contributed by atoms with Gasteiger partial charge in [-0.25, -0.2) is 0 Å². The summed E-state index contributed by atoms with van der Waals surface area (Å²) in [7, 11) is 0. The van der Waals surface area contributed by atoms with Crippen LogP contribution in [0.3, 0.4) is 0 Å². The molecule has 1 aromatic rings. The lowest BCUT2D eigenvalue weighted by Gasteiger charge is -2.09. The van der Waals surface area contributed by atoms with E-state index in [0.717, 1.165) is 17.5 Å². The van der Waals surface area contributed by atoms with Gasteiger partial charge in [0.25, 0.3) is 0 Å². The van der Waals surface area contributed by atoms with Crippen LogP contribution in [0.15, 0.2) is 18.2 Å². The zero-order valence-electron chi connectivity index (χ0n) is 8.49. The van der Waals surface area contributed by atoms with E-state index in [-0.39, 0.29) is 6.42 Å². The zero-order chi connectivity index (χ0) is 11.3. The van der Waals surface area contributed by atoms with E-state index in [9.17, 15) is 9.59 Å². The van der Waals surface area contributed by atoms with Gasteiger partial charge < -0.3 is 10.4 Å². The van der Waals surface area contributed by atoms with Crippen LogP contribution in [0.4, 0.5) is 5.69 Å². The number of nitrogens with one attached hydrogen (secondary N) is 1. The van der Waals surface area contributed by atoms with E-state index in [0.29, 0.717) is 12.1 Å². The molecule has 4 heteroatoms. The number of carboxylic acids is 1. The van der Waals surface area contributed by atoms with Crippen molar-refractivity contribution in [1.29, 1.82) is 0 Å². The van der Waals surface area contributed by atoms with E-state index in [1.807, 2.05) is 13.0 Å². The highest BCUT2D eigenvalue weighted by molar-refractivity contribution is 5.80. The molecule has 0 amide bonds. The summed E-state index contributed by atoms with van der Waals surface area (Å²) < 4.78 is 0. The summed E-state index contributed by atoms with van der Waals surface area (Å²) in [6.07, 6.45) is 0.850. The smallest absolute Gasteiger partial charge is 0.305 e. The molecule has 4 nitrogen and oxygen atoms in total. The molecular weight excluding hydrogens is 194 g/mol. The number of anilines is 1. The van der Waals surface area contributed by atoms with Crippen LogP contribution in [-0.2, 0) is 4.79 Å². The van der Waals surface area contributed by atoms with Crippen LogP contribution in [0, 0.1) is 6.92 Å². The summed E-state index contributed by atoms with van der Waals surface area (Å²) in [6, 6.07) is 5.31. The second kappa shape index (κ2) is 5.14. The first-order chi connectivity index (χ1) is 7.15. The number of hydrogen-bond donors (Lipinski definition) is 2. The average molecular weight is 207 g/mol. The number of hydrogen-bond acceptors (Lipinski definition) is 3. The van der Waals surface area contributed by atoms with Crippen molar-refractivity contribution in [2.24, 2.45) is 0 Å². The van der Waals surface area contributed by atoms with Gasteiger partial charge >= 0.3 is 5.97 Å². The molecule has 0 aromatic heterocycles. The molecule has 0 spiro atoms. The molecule has 0 saturated heterocycles. The summed E-state index contributed by atoms with van der Waals surface area (Å²) in [6.45, 7) is 2.19. The Morgan fingerprint density at radius 1 is 1.53 bits per heavy atom. The number of benzene rings is 1. The Balaban J connectivity index is 2.68. The third kappa shape index (κ3) is 3.09. The average Bonchev–Trinajstić information content (AvgIpc) is 2.20. The van der Waals surface area contributed by atoms with Crippen molar-refractivity contribution in [3.8, 4) is 0 Å². The van der Waals surface area contributed by atoms with E-state index < -0.39 is 5.97 Å². The van der Waals surface area contributed by atoms with Gasteiger partial charge in [-0.3, -0.25) is 9.59 Å². The molecule has 1 rings (SSSR count). The van der Waals surface area contributed by atoms with Crippen molar-refractivity contribution in [2.45, 2.75) is 13.3 Å². The van der Waals surface area contributed by atoms with Gasteiger partial charge in [-0.15, -0.1) is 0 Å². The van der Waals surface area contributed by atoms with Crippen molar-refractivity contribution in [2.75, 3.05) is 11.9 Å². The fourth-order valence-electron chi connectivity index (χ4n) is 1.28. The highest BCUT2D eigenvalue weighted by Crippen LogP contribution is 2.17. The number of carbonyl (C=O) groups is 2. The standard InChI is InChI=1S/C11H13NO3/c1-8-9(7-13)3-2-4-10(8)12-6-5-11(14)15/h2-4,7,12H,5-6H2,1H3,(H,14,15). The SMILES string of the molecule is Cc1c(C=O)cccc1NCCC(=O)O. The fourth-order valence-corrected chi connectivity index (χ4v) is 1.28. The van der Waals surface area contributed by atoms with Crippen LogP contribution < -0.4 is 5.32 Å². The molecule has 0 unspecified atom stereocenters. The minimum absolute atomic E-state index is 0.0603. The molecule has 1 aromatic carbocycles. The first-order valence-corrected chi connectivity index (χ1v) is 4.65. The second-order valence-corrected chi connectivity index (χ2v) is 3.21. The highest BCUT2D eigenvalue weighted by Gasteiger charge is 2.03. The van der Waals surface area contributed by atoms with Crippen molar-refractivity contribution < 1.29 is 14.7 Å². The van der Waals surface area contributed by atoms with Gasteiger partial charge in [0.05, 0.1) is 6.42 Å². The van der Waals surface area contributed by atoms with E-state index in [2.05, 4.69) is 5.32 Å². The van der Waals surface area contributed by atoms with Gasteiger partial charge in [0.15, 0.2) is 0 Å². The maximum absolute atomic E-state index is 10.6. The van der Waals surface area contributed by atoms with Crippen molar-refractivity contribution in [1.82, 2.24) is 0 Å². The van der Waals surface area contributed by atoms with Crippen molar-refractivity contribution >= 4 is 17.9 Å².